The zero-order valence-electron chi connectivity index (χ0n) is 10.7. The maximum atomic E-state index is 12.0. The van der Waals surface area contributed by atoms with Crippen LogP contribution >= 0.6 is 11.8 Å². The molecular weight excluding hydrogens is 234 g/mol. The minimum Gasteiger partial charge on any atom is -0.396 e. The largest absolute Gasteiger partial charge is 0.396 e. The Balaban J connectivity index is 2.38. The second-order valence-corrected chi connectivity index (χ2v) is 5.31. The fraction of sp³-hybridized carbons (Fsp3) is 0.769. The van der Waals surface area contributed by atoms with Gasteiger partial charge in [0, 0.05) is 18.8 Å². The highest BCUT2D eigenvalue weighted by Gasteiger charge is 2.17. The molecule has 17 heavy (non-hydrogen) atoms. The van der Waals surface area contributed by atoms with Crippen LogP contribution in [-0.2, 0) is 4.79 Å². The molecule has 4 heteroatoms. The zero-order chi connectivity index (χ0) is 12.5. The summed E-state index contributed by atoms with van der Waals surface area (Å²) in [6.07, 6.45) is 7.58. The summed E-state index contributed by atoms with van der Waals surface area (Å²) in [5, 5.41) is 8.67. The fourth-order valence-electron chi connectivity index (χ4n) is 2.01. The summed E-state index contributed by atoms with van der Waals surface area (Å²) in [6, 6.07) is 0. The second-order valence-electron chi connectivity index (χ2n) is 4.21. The van der Waals surface area contributed by atoms with Gasteiger partial charge in [-0.05, 0) is 44.8 Å². The molecule has 0 aromatic rings. The van der Waals surface area contributed by atoms with Gasteiger partial charge < -0.3 is 10.0 Å². The first kappa shape index (κ1) is 14.6. The number of nitrogens with zero attached hydrogens (tertiary/aromatic N) is 1. The summed E-state index contributed by atoms with van der Waals surface area (Å²) in [5.41, 5.74) is 1.21. The summed E-state index contributed by atoms with van der Waals surface area (Å²) < 4.78 is 0. The SMILES string of the molecule is CCN(C(=O)CSCCCO)C1=CCCCC1. The van der Waals surface area contributed by atoms with Crippen molar-refractivity contribution in [2.24, 2.45) is 0 Å². The molecule has 3 nitrogen and oxygen atoms in total. The van der Waals surface area contributed by atoms with Crippen LogP contribution in [0.5, 0.6) is 0 Å². The monoisotopic (exact) mass is 257 g/mol. The number of carbonyl (C=O) groups excluding carboxylic acids is 1. The van der Waals surface area contributed by atoms with Crippen LogP contribution < -0.4 is 0 Å². The average Bonchev–Trinajstić information content (AvgIpc) is 2.37. The minimum absolute atomic E-state index is 0.212. The standard InChI is InChI=1S/C13H23NO2S/c1-2-14(12-7-4-3-5-8-12)13(16)11-17-10-6-9-15/h7,15H,2-6,8-11H2,1H3. The summed E-state index contributed by atoms with van der Waals surface area (Å²) in [4.78, 5) is 14.0. The third kappa shape index (κ3) is 5.13. The normalized spacial score (nSPS) is 15.5. The van der Waals surface area contributed by atoms with Crippen molar-refractivity contribution in [3.8, 4) is 0 Å². The van der Waals surface area contributed by atoms with Crippen LogP contribution in [0.3, 0.4) is 0 Å². The number of allylic oxidation sites excluding steroid dienone is 2. The van der Waals surface area contributed by atoms with Gasteiger partial charge in [-0.15, -0.1) is 0 Å². The van der Waals surface area contributed by atoms with E-state index in [1.54, 1.807) is 11.8 Å². The molecule has 0 atom stereocenters. The van der Waals surface area contributed by atoms with Crippen LogP contribution in [0.15, 0.2) is 11.8 Å². The molecule has 0 bridgehead atoms. The van der Waals surface area contributed by atoms with Gasteiger partial charge in [0.15, 0.2) is 0 Å². The molecule has 0 saturated carbocycles. The molecule has 0 aliphatic heterocycles. The van der Waals surface area contributed by atoms with Crippen molar-refractivity contribution >= 4 is 17.7 Å². The summed E-state index contributed by atoms with van der Waals surface area (Å²) in [5.74, 6) is 1.60. The Morgan fingerprint density at radius 3 is 2.94 bits per heavy atom. The van der Waals surface area contributed by atoms with Crippen molar-refractivity contribution in [3.63, 3.8) is 0 Å². The van der Waals surface area contributed by atoms with E-state index in [1.165, 1.54) is 18.5 Å². The number of aliphatic hydroxyl groups excluding tert-OH is 1. The summed E-state index contributed by atoms with van der Waals surface area (Å²) in [7, 11) is 0. The third-order valence-electron chi connectivity index (χ3n) is 2.90. The van der Waals surface area contributed by atoms with E-state index in [9.17, 15) is 4.79 Å². The molecule has 0 spiro atoms. The van der Waals surface area contributed by atoms with Gasteiger partial charge in [0.25, 0.3) is 0 Å². The molecule has 1 N–H and O–H groups in total. The number of carbonyl (C=O) groups is 1. The Morgan fingerprint density at radius 2 is 2.35 bits per heavy atom. The maximum absolute atomic E-state index is 12.0. The Labute approximate surface area is 108 Å². The lowest BCUT2D eigenvalue weighted by atomic mass is 10.0. The van der Waals surface area contributed by atoms with E-state index >= 15 is 0 Å². The molecule has 0 unspecified atom stereocenters. The molecule has 0 heterocycles. The van der Waals surface area contributed by atoms with Gasteiger partial charge in [-0.1, -0.05) is 6.08 Å². The molecule has 0 aromatic heterocycles. The summed E-state index contributed by atoms with van der Waals surface area (Å²) in [6.45, 7) is 3.01. The van der Waals surface area contributed by atoms with Crippen LogP contribution in [0.1, 0.15) is 39.0 Å². The number of aliphatic hydroxyl groups is 1. The first-order valence-corrected chi connectivity index (χ1v) is 7.63. The van der Waals surface area contributed by atoms with Gasteiger partial charge in [-0.2, -0.15) is 11.8 Å². The van der Waals surface area contributed by atoms with Crippen LogP contribution in [-0.4, -0.2) is 40.6 Å². The van der Waals surface area contributed by atoms with Crippen molar-refractivity contribution in [2.45, 2.75) is 39.0 Å². The average molecular weight is 257 g/mol. The lowest BCUT2D eigenvalue weighted by Gasteiger charge is -2.26. The van der Waals surface area contributed by atoms with Crippen molar-refractivity contribution < 1.29 is 9.90 Å². The van der Waals surface area contributed by atoms with Crippen LogP contribution in [0.2, 0.25) is 0 Å². The lowest BCUT2D eigenvalue weighted by molar-refractivity contribution is -0.126. The van der Waals surface area contributed by atoms with E-state index in [0.29, 0.717) is 5.75 Å². The van der Waals surface area contributed by atoms with E-state index in [4.69, 9.17) is 5.11 Å². The molecule has 1 aliphatic rings. The smallest absolute Gasteiger partial charge is 0.236 e. The predicted molar refractivity (Wildman–Crippen MR) is 73.0 cm³/mol. The number of hydrogen-bond acceptors (Lipinski definition) is 3. The van der Waals surface area contributed by atoms with E-state index in [1.807, 2.05) is 11.8 Å². The summed E-state index contributed by atoms with van der Waals surface area (Å²) >= 11 is 1.62. The van der Waals surface area contributed by atoms with Crippen LogP contribution in [0.4, 0.5) is 0 Å². The number of thioether (sulfide) groups is 1. The lowest BCUT2D eigenvalue weighted by Crippen LogP contribution is -2.32. The van der Waals surface area contributed by atoms with Crippen molar-refractivity contribution in [3.05, 3.63) is 11.8 Å². The Bertz CT molecular complexity index is 266. The molecule has 1 rings (SSSR count). The van der Waals surface area contributed by atoms with Gasteiger partial charge in [-0.3, -0.25) is 4.79 Å². The van der Waals surface area contributed by atoms with Gasteiger partial charge in [-0.25, -0.2) is 0 Å². The molecule has 0 saturated heterocycles. The highest BCUT2D eigenvalue weighted by atomic mass is 32.2. The molecule has 0 fully saturated rings. The first-order valence-electron chi connectivity index (χ1n) is 6.47. The maximum Gasteiger partial charge on any atom is 0.236 e. The van der Waals surface area contributed by atoms with Crippen molar-refractivity contribution in [2.75, 3.05) is 24.7 Å². The topological polar surface area (TPSA) is 40.5 Å². The quantitative estimate of drug-likeness (QED) is 0.712. The Kier molecular flexibility index (Phi) is 7.37. The van der Waals surface area contributed by atoms with E-state index in [0.717, 1.165) is 31.6 Å². The minimum atomic E-state index is 0.212. The molecule has 1 aliphatic carbocycles. The van der Waals surface area contributed by atoms with Gasteiger partial charge >= 0.3 is 0 Å². The third-order valence-corrected chi connectivity index (χ3v) is 3.93. The highest BCUT2D eigenvalue weighted by Crippen LogP contribution is 2.21. The van der Waals surface area contributed by atoms with E-state index in [2.05, 4.69) is 6.08 Å². The van der Waals surface area contributed by atoms with Crippen molar-refractivity contribution in [1.82, 2.24) is 4.90 Å². The fourth-order valence-corrected chi connectivity index (χ4v) is 2.82. The zero-order valence-corrected chi connectivity index (χ0v) is 11.5. The van der Waals surface area contributed by atoms with Gasteiger partial charge in [0.2, 0.25) is 5.91 Å². The van der Waals surface area contributed by atoms with Gasteiger partial charge in [0.05, 0.1) is 5.75 Å². The molecule has 0 aromatic carbocycles. The molecule has 98 valence electrons. The van der Waals surface area contributed by atoms with Crippen molar-refractivity contribution in [1.29, 1.82) is 0 Å². The Morgan fingerprint density at radius 1 is 1.53 bits per heavy atom. The molecular formula is C13H23NO2S. The van der Waals surface area contributed by atoms with E-state index in [-0.39, 0.29) is 12.5 Å². The van der Waals surface area contributed by atoms with Crippen LogP contribution in [0, 0.1) is 0 Å². The second kappa shape index (κ2) is 8.59. The molecule has 1 amide bonds. The molecule has 0 radical (unpaired) electrons. The Hall–Kier alpha value is -0.480. The van der Waals surface area contributed by atoms with E-state index < -0.39 is 0 Å². The van der Waals surface area contributed by atoms with Gasteiger partial charge in [0.1, 0.15) is 0 Å². The number of hydrogen-bond donors (Lipinski definition) is 1. The number of amides is 1. The predicted octanol–water partition coefficient (Wildman–Crippen LogP) is 2.41. The highest BCUT2D eigenvalue weighted by molar-refractivity contribution is 7.99. The number of rotatable bonds is 7. The first-order chi connectivity index (χ1) is 8.29. The van der Waals surface area contributed by atoms with Crippen LogP contribution in [0.25, 0.3) is 0 Å².